The van der Waals surface area contributed by atoms with Gasteiger partial charge in [0.2, 0.25) is 0 Å². The molecule has 0 saturated carbocycles. The molecule has 1 atom stereocenters. The smallest absolute Gasteiger partial charge is 0.337 e. The number of aromatic amines is 1. The molecule has 192 valence electrons. The zero-order chi connectivity index (χ0) is 26.6. The largest absolute Gasteiger partial charge is 0.488 e. The molecule has 0 spiro atoms. The molecule has 2 heterocycles. The molecule has 0 fully saturated rings. The summed E-state index contributed by atoms with van der Waals surface area (Å²) in [6.45, 7) is 2.29. The number of hydrogen-bond donors (Lipinski definition) is 2. The highest BCUT2D eigenvalue weighted by Crippen LogP contribution is 2.34. The zero-order valence-corrected chi connectivity index (χ0v) is 21.3. The number of aromatic carboxylic acids is 1. The van der Waals surface area contributed by atoms with Crippen molar-refractivity contribution in [2.75, 3.05) is 20.0 Å². The van der Waals surface area contributed by atoms with Crippen LogP contribution in [0.3, 0.4) is 0 Å². The van der Waals surface area contributed by atoms with Gasteiger partial charge in [0.1, 0.15) is 23.4 Å². The van der Waals surface area contributed by atoms with Gasteiger partial charge in [0.15, 0.2) is 9.84 Å². The number of ether oxygens (including phenoxy) is 3. The number of pyridine rings is 1. The molecule has 0 aliphatic heterocycles. The summed E-state index contributed by atoms with van der Waals surface area (Å²) in [7, 11) is -1.71. The van der Waals surface area contributed by atoms with Crippen LogP contribution < -0.4 is 9.47 Å². The molecule has 10 heteroatoms. The van der Waals surface area contributed by atoms with E-state index in [9.17, 15) is 13.2 Å². The predicted molar refractivity (Wildman–Crippen MR) is 138 cm³/mol. The number of hydrogen-bond acceptors (Lipinski definition) is 7. The van der Waals surface area contributed by atoms with Crippen LogP contribution in [0.4, 0.5) is 0 Å². The number of carboxylic acid groups (broad SMARTS) is 1. The summed E-state index contributed by atoms with van der Waals surface area (Å²) in [5.41, 5.74) is 2.96. The number of aromatic nitrogens is 2. The van der Waals surface area contributed by atoms with E-state index in [0.29, 0.717) is 35.2 Å². The lowest BCUT2D eigenvalue weighted by atomic mass is 10.1. The lowest BCUT2D eigenvalue weighted by molar-refractivity contribution is 0.0696. The van der Waals surface area contributed by atoms with Crippen molar-refractivity contribution in [1.29, 1.82) is 0 Å². The van der Waals surface area contributed by atoms with Gasteiger partial charge in [-0.2, -0.15) is 0 Å². The SMILES string of the molecule is COC[C@H](C)Oc1cc(Oc2ccc(S(C)(=O)=O)cc2)cc(-c2ccc(-c3ccc(C(=O)O)cn3)[nH]2)c1. The van der Waals surface area contributed by atoms with Crippen LogP contribution in [0.15, 0.2) is 77.8 Å². The number of sulfone groups is 1. The summed E-state index contributed by atoms with van der Waals surface area (Å²) in [4.78, 5) is 18.8. The van der Waals surface area contributed by atoms with Gasteiger partial charge in [0, 0.05) is 36.9 Å². The van der Waals surface area contributed by atoms with Gasteiger partial charge in [-0.1, -0.05) is 0 Å². The van der Waals surface area contributed by atoms with Gasteiger partial charge in [-0.15, -0.1) is 0 Å². The number of carboxylic acids is 1. The second kappa shape index (κ2) is 10.9. The lowest BCUT2D eigenvalue weighted by Crippen LogP contribution is -2.17. The van der Waals surface area contributed by atoms with Gasteiger partial charge in [-0.25, -0.2) is 13.2 Å². The van der Waals surface area contributed by atoms with Gasteiger partial charge in [-0.05, 0) is 67.6 Å². The van der Waals surface area contributed by atoms with Crippen LogP contribution in [0.25, 0.3) is 22.6 Å². The molecule has 0 amide bonds. The standard InChI is InChI=1S/C27H26N2O7S/c1-17(16-34-2)35-21-12-19(13-22(14-21)36-20-5-7-23(8-6-20)37(3,32)33)24-10-11-26(29-24)25-9-4-18(15-28-25)27(30)31/h4-15,17,29H,16H2,1-3H3,(H,30,31)/t17-/m0/s1. The van der Waals surface area contributed by atoms with Crippen molar-refractivity contribution < 1.29 is 32.5 Å². The number of nitrogens with one attached hydrogen (secondary N) is 1. The van der Waals surface area contributed by atoms with E-state index in [4.69, 9.17) is 19.3 Å². The predicted octanol–water partition coefficient (Wildman–Crippen LogP) is 5.05. The minimum Gasteiger partial charge on any atom is -0.488 e. The van der Waals surface area contributed by atoms with Crippen LogP contribution in [0.2, 0.25) is 0 Å². The highest BCUT2D eigenvalue weighted by molar-refractivity contribution is 7.90. The normalized spacial score (nSPS) is 12.2. The van der Waals surface area contributed by atoms with Gasteiger partial charge >= 0.3 is 5.97 Å². The molecular weight excluding hydrogens is 496 g/mol. The summed E-state index contributed by atoms with van der Waals surface area (Å²) >= 11 is 0. The second-order valence-corrected chi connectivity index (χ2v) is 10.5. The quantitative estimate of drug-likeness (QED) is 0.296. The fourth-order valence-electron chi connectivity index (χ4n) is 3.64. The molecule has 4 aromatic rings. The maximum absolute atomic E-state index is 11.8. The number of benzene rings is 2. The number of carbonyl (C=O) groups is 1. The first-order valence-corrected chi connectivity index (χ1v) is 13.2. The van der Waals surface area contributed by atoms with Crippen molar-refractivity contribution in [2.24, 2.45) is 0 Å². The van der Waals surface area contributed by atoms with E-state index in [2.05, 4.69) is 9.97 Å². The van der Waals surface area contributed by atoms with Crippen LogP contribution >= 0.6 is 0 Å². The first-order valence-electron chi connectivity index (χ1n) is 11.3. The third kappa shape index (κ3) is 6.54. The van der Waals surface area contributed by atoms with Gasteiger partial charge in [-0.3, -0.25) is 4.98 Å². The Morgan fingerprint density at radius 2 is 1.68 bits per heavy atom. The summed E-state index contributed by atoms with van der Waals surface area (Å²) in [6, 6.07) is 18.5. The first kappa shape index (κ1) is 25.9. The Balaban J connectivity index is 1.65. The fraction of sp³-hybridized carbons (Fsp3) is 0.185. The average Bonchev–Trinajstić information content (AvgIpc) is 3.34. The lowest BCUT2D eigenvalue weighted by Gasteiger charge is -2.16. The minimum absolute atomic E-state index is 0.108. The van der Waals surface area contributed by atoms with E-state index >= 15 is 0 Å². The van der Waals surface area contributed by atoms with Gasteiger partial charge < -0.3 is 24.3 Å². The monoisotopic (exact) mass is 522 g/mol. The molecule has 0 saturated heterocycles. The molecule has 4 rings (SSSR count). The molecule has 0 bridgehead atoms. The highest BCUT2D eigenvalue weighted by atomic mass is 32.2. The minimum atomic E-state index is -3.31. The maximum Gasteiger partial charge on any atom is 0.337 e. The molecule has 0 radical (unpaired) electrons. The van der Waals surface area contributed by atoms with E-state index < -0.39 is 15.8 Å². The average molecular weight is 523 g/mol. The van der Waals surface area contributed by atoms with Gasteiger partial charge in [0.05, 0.1) is 28.5 Å². The third-order valence-electron chi connectivity index (χ3n) is 5.39. The van der Waals surface area contributed by atoms with Crippen molar-refractivity contribution in [3.63, 3.8) is 0 Å². The molecule has 2 N–H and O–H groups in total. The second-order valence-electron chi connectivity index (χ2n) is 8.45. The van der Waals surface area contributed by atoms with Crippen LogP contribution in [0, 0.1) is 0 Å². The number of methoxy groups -OCH3 is 1. The number of rotatable bonds is 10. The Bertz CT molecular complexity index is 1490. The molecular formula is C27H26N2O7S. The van der Waals surface area contributed by atoms with Crippen LogP contribution in [-0.4, -0.2) is 55.5 Å². The van der Waals surface area contributed by atoms with Crippen molar-refractivity contribution in [3.8, 4) is 39.9 Å². The van der Waals surface area contributed by atoms with Crippen LogP contribution in [0.5, 0.6) is 17.2 Å². The van der Waals surface area contributed by atoms with Crippen LogP contribution in [0.1, 0.15) is 17.3 Å². The van der Waals surface area contributed by atoms with Crippen molar-refractivity contribution in [1.82, 2.24) is 9.97 Å². The molecule has 9 nitrogen and oxygen atoms in total. The number of H-pyrrole nitrogens is 1. The van der Waals surface area contributed by atoms with Crippen molar-refractivity contribution >= 4 is 15.8 Å². The fourth-order valence-corrected chi connectivity index (χ4v) is 4.27. The molecule has 0 aliphatic rings. The summed E-state index contributed by atoms with van der Waals surface area (Å²) < 4.78 is 40.7. The van der Waals surface area contributed by atoms with Crippen molar-refractivity contribution in [3.05, 3.63) is 78.5 Å². The van der Waals surface area contributed by atoms with E-state index in [-0.39, 0.29) is 16.6 Å². The molecule has 0 unspecified atom stereocenters. The molecule has 2 aromatic heterocycles. The van der Waals surface area contributed by atoms with Crippen LogP contribution in [-0.2, 0) is 14.6 Å². The summed E-state index contributed by atoms with van der Waals surface area (Å²) in [6.07, 6.45) is 2.25. The third-order valence-corrected chi connectivity index (χ3v) is 6.52. The Morgan fingerprint density at radius 3 is 2.30 bits per heavy atom. The van der Waals surface area contributed by atoms with E-state index in [1.165, 1.54) is 24.4 Å². The summed E-state index contributed by atoms with van der Waals surface area (Å²) in [5.74, 6) is 0.480. The molecule has 2 aromatic carbocycles. The molecule has 37 heavy (non-hydrogen) atoms. The van der Waals surface area contributed by atoms with E-state index in [1.54, 1.807) is 31.4 Å². The van der Waals surface area contributed by atoms with Crippen molar-refractivity contribution in [2.45, 2.75) is 17.9 Å². The Morgan fingerprint density at radius 1 is 0.973 bits per heavy atom. The Labute approximate surface area is 214 Å². The summed E-state index contributed by atoms with van der Waals surface area (Å²) in [5, 5.41) is 9.10. The maximum atomic E-state index is 11.8. The number of nitrogens with zero attached hydrogens (tertiary/aromatic N) is 1. The van der Waals surface area contributed by atoms with Gasteiger partial charge in [0.25, 0.3) is 0 Å². The Hall–Kier alpha value is -4.15. The molecule has 0 aliphatic carbocycles. The van der Waals surface area contributed by atoms with E-state index in [1.807, 2.05) is 31.2 Å². The Kier molecular flexibility index (Phi) is 7.61. The first-order chi connectivity index (χ1) is 17.6. The topological polar surface area (TPSA) is 128 Å². The highest BCUT2D eigenvalue weighted by Gasteiger charge is 2.13. The van der Waals surface area contributed by atoms with E-state index in [0.717, 1.165) is 17.5 Å². The zero-order valence-electron chi connectivity index (χ0n) is 20.5.